The van der Waals surface area contributed by atoms with Gasteiger partial charge in [-0.1, -0.05) is 12.2 Å². The summed E-state index contributed by atoms with van der Waals surface area (Å²) in [5.74, 6) is -0.864. The molecule has 1 unspecified atom stereocenters. The van der Waals surface area contributed by atoms with Gasteiger partial charge in [0.1, 0.15) is 0 Å². The van der Waals surface area contributed by atoms with Crippen LogP contribution in [0.2, 0.25) is 0 Å². The second-order valence-electron chi connectivity index (χ2n) is 2.99. The molecule has 3 amide bonds. The maximum atomic E-state index is 11.5. The quantitative estimate of drug-likeness (QED) is 0.600. The van der Waals surface area contributed by atoms with E-state index in [4.69, 9.17) is 23.6 Å². The van der Waals surface area contributed by atoms with Crippen molar-refractivity contribution in [2.24, 2.45) is 5.92 Å². The highest BCUT2D eigenvalue weighted by Crippen LogP contribution is 2.33. The van der Waals surface area contributed by atoms with Crippen LogP contribution in [-0.4, -0.2) is 20.8 Å². The van der Waals surface area contributed by atoms with Crippen molar-refractivity contribution in [3.63, 3.8) is 0 Å². The number of urea groups is 1. The Bertz CT molecular complexity index is 364. The van der Waals surface area contributed by atoms with Crippen molar-refractivity contribution >= 4 is 35.5 Å². The molecule has 14 heavy (non-hydrogen) atoms. The lowest BCUT2D eigenvalue weighted by molar-refractivity contribution is -0.129. The van der Waals surface area contributed by atoms with E-state index in [9.17, 15) is 9.59 Å². The van der Waals surface area contributed by atoms with E-state index in [0.717, 1.165) is 4.42 Å². The molecule has 6 heteroatoms. The molecule has 0 N–H and O–H groups in total. The van der Waals surface area contributed by atoms with Crippen LogP contribution in [-0.2, 0) is 4.79 Å². The van der Waals surface area contributed by atoms with Crippen LogP contribution in [0, 0.1) is 5.92 Å². The number of nitrogens with zero attached hydrogens (tertiary/aromatic N) is 2. The summed E-state index contributed by atoms with van der Waals surface area (Å²) in [6, 6.07) is -0.726. The summed E-state index contributed by atoms with van der Waals surface area (Å²) in [4.78, 5) is 22.8. The predicted molar refractivity (Wildman–Crippen MR) is 51.1 cm³/mol. The minimum Gasteiger partial charge on any atom is -0.272 e. The molecule has 4 nitrogen and oxygen atoms in total. The molecular weight excluding hydrogens is 227 g/mol. The maximum absolute atomic E-state index is 11.5. The van der Waals surface area contributed by atoms with Crippen molar-refractivity contribution in [1.82, 2.24) is 8.84 Å². The molecule has 1 aliphatic carbocycles. The Balaban J connectivity index is 2.41. The molecule has 0 aromatic carbocycles. The number of allylic oxidation sites excluding steroid dienone is 3. The third-order valence-electron chi connectivity index (χ3n) is 2.19. The smallest absolute Gasteiger partial charge is 0.272 e. The molecule has 1 atom stereocenters. The Morgan fingerprint density at radius 2 is 2.00 bits per heavy atom. The third-order valence-corrected chi connectivity index (χ3v) is 2.84. The van der Waals surface area contributed by atoms with E-state index in [2.05, 4.69) is 0 Å². The summed E-state index contributed by atoms with van der Waals surface area (Å²) in [6.45, 7) is 0. The van der Waals surface area contributed by atoms with Crippen LogP contribution >= 0.6 is 23.6 Å². The van der Waals surface area contributed by atoms with Gasteiger partial charge in [-0.15, -0.1) is 0 Å². The summed E-state index contributed by atoms with van der Waals surface area (Å²) in [7, 11) is 0. The van der Waals surface area contributed by atoms with Crippen molar-refractivity contribution in [2.75, 3.05) is 0 Å². The molecule has 0 radical (unpaired) electrons. The average Bonchev–Trinajstić information content (AvgIpc) is 2.23. The molecule has 2 aliphatic rings. The van der Waals surface area contributed by atoms with Gasteiger partial charge in [0.05, 0.1) is 11.6 Å². The Labute approximate surface area is 90.6 Å². The number of hydrogen-bond acceptors (Lipinski definition) is 2. The van der Waals surface area contributed by atoms with Gasteiger partial charge in [0.2, 0.25) is 0 Å². The molecule has 2 rings (SSSR count). The number of carbonyl (C=O) groups is 2. The van der Waals surface area contributed by atoms with Crippen LogP contribution in [0.1, 0.15) is 6.42 Å². The van der Waals surface area contributed by atoms with E-state index in [-0.39, 0.29) is 0 Å². The highest BCUT2D eigenvalue weighted by molar-refractivity contribution is 6.36. The lowest BCUT2D eigenvalue weighted by atomic mass is 9.94. The zero-order valence-electron chi connectivity index (χ0n) is 6.98. The van der Waals surface area contributed by atoms with Crippen molar-refractivity contribution in [2.45, 2.75) is 6.42 Å². The molecular formula is C8H6Cl2N2O2. The third kappa shape index (κ3) is 1.22. The van der Waals surface area contributed by atoms with Gasteiger partial charge in [0.25, 0.3) is 5.91 Å². The second kappa shape index (κ2) is 3.29. The first-order valence-electron chi connectivity index (χ1n) is 3.99. The van der Waals surface area contributed by atoms with Crippen molar-refractivity contribution in [1.29, 1.82) is 0 Å². The normalized spacial score (nSPS) is 26.4. The average molecular weight is 233 g/mol. The van der Waals surface area contributed by atoms with E-state index in [0.29, 0.717) is 16.5 Å². The monoisotopic (exact) mass is 232 g/mol. The van der Waals surface area contributed by atoms with Crippen LogP contribution in [0.5, 0.6) is 0 Å². The van der Waals surface area contributed by atoms with E-state index in [1.54, 1.807) is 12.2 Å². The Hall–Kier alpha value is -1.00. The number of halogens is 2. The zero-order valence-corrected chi connectivity index (χ0v) is 8.50. The molecule has 1 aliphatic heterocycles. The lowest BCUT2D eigenvalue weighted by Gasteiger charge is -2.33. The number of amides is 3. The van der Waals surface area contributed by atoms with Gasteiger partial charge in [-0.2, -0.15) is 4.42 Å². The first-order chi connectivity index (χ1) is 6.63. The Morgan fingerprint density at radius 3 is 2.71 bits per heavy atom. The van der Waals surface area contributed by atoms with Crippen LogP contribution in [0.4, 0.5) is 4.79 Å². The molecule has 0 aromatic rings. The van der Waals surface area contributed by atoms with E-state index >= 15 is 0 Å². The number of rotatable bonds is 0. The minimum absolute atomic E-state index is 0.427. The minimum atomic E-state index is -0.726. The van der Waals surface area contributed by atoms with Gasteiger partial charge in [0, 0.05) is 23.6 Å². The largest absolute Gasteiger partial charge is 0.360 e. The molecule has 0 aromatic heterocycles. The van der Waals surface area contributed by atoms with Gasteiger partial charge in [-0.25, -0.2) is 9.21 Å². The Kier molecular flexibility index (Phi) is 2.25. The van der Waals surface area contributed by atoms with Crippen LogP contribution in [0.25, 0.3) is 0 Å². The van der Waals surface area contributed by atoms with Crippen molar-refractivity contribution in [3.05, 3.63) is 23.9 Å². The molecule has 0 bridgehead atoms. The number of fused-ring (bicyclic) bond motifs is 1. The molecule has 74 valence electrons. The fourth-order valence-electron chi connectivity index (χ4n) is 1.47. The number of hydrogen-bond donors (Lipinski definition) is 0. The van der Waals surface area contributed by atoms with Crippen LogP contribution in [0.15, 0.2) is 23.9 Å². The topological polar surface area (TPSA) is 40.6 Å². The summed E-state index contributed by atoms with van der Waals surface area (Å²) >= 11 is 11.2. The summed E-state index contributed by atoms with van der Waals surface area (Å²) in [6.07, 6.45) is 5.74. The molecule has 1 saturated heterocycles. The molecule has 0 spiro atoms. The van der Waals surface area contributed by atoms with Gasteiger partial charge in [-0.3, -0.25) is 4.79 Å². The van der Waals surface area contributed by atoms with E-state index in [1.807, 2.05) is 6.08 Å². The fraction of sp³-hybridized carbons (Fsp3) is 0.250. The predicted octanol–water partition coefficient (Wildman–Crippen LogP) is 2.02. The molecule has 1 heterocycles. The van der Waals surface area contributed by atoms with Gasteiger partial charge in [-0.05, 0) is 12.5 Å². The summed E-state index contributed by atoms with van der Waals surface area (Å²) in [5, 5.41) is 0. The highest BCUT2D eigenvalue weighted by Gasteiger charge is 2.42. The first kappa shape index (κ1) is 9.55. The molecule has 1 fully saturated rings. The van der Waals surface area contributed by atoms with Gasteiger partial charge in [0.15, 0.2) is 0 Å². The summed E-state index contributed by atoms with van der Waals surface area (Å²) < 4.78 is 1.40. The summed E-state index contributed by atoms with van der Waals surface area (Å²) in [5.41, 5.74) is 0.487. The Morgan fingerprint density at radius 1 is 1.29 bits per heavy atom. The van der Waals surface area contributed by atoms with Crippen molar-refractivity contribution < 1.29 is 9.59 Å². The van der Waals surface area contributed by atoms with Gasteiger partial charge >= 0.3 is 6.03 Å². The van der Waals surface area contributed by atoms with Gasteiger partial charge < -0.3 is 0 Å². The highest BCUT2D eigenvalue weighted by atomic mass is 35.5. The first-order valence-corrected chi connectivity index (χ1v) is 4.67. The molecule has 0 saturated carbocycles. The lowest BCUT2D eigenvalue weighted by Crippen LogP contribution is -2.48. The fourth-order valence-corrected chi connectivity index (χ4v) is 1.95. The second-order valence-corrected chi connectivity index (χ2v) is 3.67. The standard InChI is InChI=1S/C8H6Cl2N2O2/c9-11-6-4-2-1-3-5(6)7(13)12(10)8(11)14/h1-2,4-5H,3H2. The number of imide groups is 1. The van der Waals surface area contributed by atoms with Crippen LogP contribution in [0.3, 0.4) is 0 Å². The maximum Gasteiger partial charge on any atom is 0.360 e. The van der Waals surface area contributed by atoms with E-state index < -0.39 is 17.9 Å². The number of carbonyl (C=O) groups excluding carboxylic acids is 2. The van der Waals surface area contributed by atoms with E-state index in [1.165, 1.54) is 0 Å². The van der Waals surface area contributed by atoms with Crippen LogP contribution < -0.4 is 0 Å². The zero-order chi connectivity index (χ0) is 10.3. The van der Waals surface area contributed by atoms with Crippen molar-refractivity contribution in [3.8, 4) is 0 Å². The SMILES string of the molecule is O=C1C2CC=CC=C2N(Cl)C(=O)N1Cl.